The van der Waals surface area contributed by atoms with Gasteiger partial charge in [-0.2, -0.15) is 5.26 Å². The summed E-state index contributed by atoms with van der Waals surface area (Å²) in [6.07, 6.45) is 4.56. The van der Waals surface area contributed by atoms with Gasteiger partial charge in [0.25, 0.3) is 0 Å². The number of pyridine rings is 1. The van der Waals surface area contributed by atoms with E-state index in [1.165, 1.54) is 0 Å². The molecule has 4 heteroatoms. The molecule has 1 N–H and O–H groups in total. The van der Waals surface area contributed by atoms with Crippen molar-refractivity contribution >= 4 is 5.82 Å². The molecule has 1 aromatic rings. The average molecular weight is 233 g/mol. The lowest BCUT2D eigenvalue weighted by atomic mass is 10.1. The Balaban J connectivity index is 2.66. The van der Waals surface area contributed by atoms with Crippen molar-refractivity contribution < 1.29 is 5.11 Å². The molecule has 1 aromatic heterocycles. The molecule has 1 heterocycles. The number of aryl methyl sites for hydroxylation is 1. The summed E-state index contributed by atoms with van der Waals surface area (Å²) in [5.74, 6) is 0.747. The molecule has 0 aliphatic rings. The summed E-state index contributed by atoms with van der Waals surface area (Å²) in [7, 11) is 1.95. The van der Waals surface area contributed by atoms with E-state index < -0.39 is 0 Å². The predicted molar refractivity (Wildman–Crippen MR) is 67.9 cm³/mol. The van der Waals surface area contributed by atoms with E-state index in [0.29, 0.717) is 5.56 Å². The van der Waals surface area contributed by atoms with Crippen LogP contribution in [0.2, 0.25) is 0 Å². The van der Waals surface area contributed by atoms with Crippen LogP contribution in [0.25, 0.3) is 0 Å². The largest absolute Gasteiger partial charge is 0.396 e. The summed E-state index contributed by atoms with van der Waals surface area (Å²) in [6, 6.07) is 4.05. The van der Waals surface area contributed by atoms with Gasteiger partial charge < -0.3 is 10.0 Å². The van der Waals surface area contributed by atoms with Gasteiger partial charge in [-0.15, -0.1) is 0 Å². The molecule has 4 nitrogen and oxygen atoms in total. The van der Waals surface area contributed by atoms with Gasteiger partial charge in [0.05, 0.1) is 5.56 Å². The van der Waals surface area contributed by atoms with E-state index >= 15 is 0 Å². The third kappa shape index (κ3) is 3.72. The number of hydrogen-bond donors (Lipinski definition) is 1. The van der Waals surface area contributed by atoms with Crippen molar-refractivity contribution in [1.82, 2.24) is 4.98 Å². The number of aliphatic hydroxyl groups excluding tert-OH is 1. The van der Waals surface area contributed by atoms with Crippen LogP contribution in [0.15, 0.2) is 12.3 Å². The Bertz CT molecular complexity index is 398. The number of hydrogen-bond acceptors (Lipinski definition) is 4. The highest BCUT2D eigenvalue weighted by atomic mass is 16.2. The fourth-order valence-electron chi connectivity index (χ4n) is 1.71. The summed E-state index contributed by atoms with van der Waals surface area (Å²) in [6.45, 7) is 3.02. The molecule has 0 bridgehead atoms. The van der Waals surface area contributed by atoms with Crippen LogP contribution in [0, 0.1) is 18.3 Å². The summed E-state index contributed by atoms with van der Waals surface area (Å²) >= 11 is 0. The van der Waals surface area contributed by atoms with Gasteiger partial charge >= 0.3 is 0 Å². The number of anilines is 1. The van der Waals surface area contributed by atoms with Crippen LogP contribution in [0.1, 0.15) is 30.4 Å². The van der Waals surface area contributed by atoms with Crippen LogP contribution in [0.5, 0.6) is 0 Å². The standard InChI is InChI=1S/C13H19N3O/c1-11-6-7-15-13(12(11)10-14)16(2)8-4-3-5-9-17/h6-7,17H,3-5,8-9H2,1-2H3. The minimum atomic E-state index is 0.246. The molecule has 0 saturated heterocycles. The Morgan fingerprint density at radius 1 is 1.41 bits per heavy atom. The van der Waals surface area contributed by atoms with E-state index in [1.807, 2.05) is 24.9 Å². The van der Waals surface area contributed by atoms with Crippen LogP contribution in [0.4, 0.5) is 5.82 Å². The summed E-state index contributed by atoms with van der Waals surface area (Å²) in [5, 5.41) is 17.8. The van der Waals surface area contributed by atoms with Gasteiger partial charge in [0.15, 0.2) is 0 Å². The van der Waals surface area contributed by atoms with Crippen molar-refractivity contribution in [2.24, 2.45) is 0 Å². The highest BCUT2D eigenvalue weighted by Crippen LogP contribution is 2.19. The lowest BCUT2D eigenvalue weighted by molar-refractivity contribution is 0.283. The number of nitrogens with zero attached hydrogens (tertiary/aromatic N) is 3. The highest BCUT2D eigenvalue weighted by Gasteiger charge is 2.10. The van der Waals surface area contributed by atoms with E-state index in [4.69, 9.17) is 10.4 Å². The topological polar surface area (TPSA) is 60.1 Å². The van der Waals surface area contributed by atoms with Gasteiger partial charge in [-0.05, 0) is 37.8 Å². The highest BCUT2D eigenvalue weighted by molar-refractivity contribution is 5.56. The van der Waals surface area contributed by atoms with Crippen molar-refractivity contribution in [3.05, 3.63) is 23.4 Å². The molecule has 0 unspecified atom stereocenters. The van der Waals surface area contributed by atoms with Crippen molar-refractivity contribution in [1.29, 1.82) is 5.26 Å². The van der Waals surface area contributed by atoms with Crippen LogP contribution < -0.4 is 4.90 Å². The Labute approximate surface area is 103 Å². The molecular weight excluding hydrogens is 214 g/mol. The SMILES string of the molecule is Cc1ccnc(N(C)CCCCCO)c1C#N. The van der Waals surface area contributed by atoms with E-state index in [0.717, 1.165) is 37.2 Å². The number of unbranched alkanes of at least 4 members (excludes halogenated alkanes) is 2. The Morgan fingerprint density at radius 2 is 2.18 bits per heavy atom. The number of nitriles is 1. The molecule has 17 heavy (non-hydrogen) atoms. The van der Waals surface area contributed by atoms with E-state index in [9.17, 15) is 0 Å². The first kappa shape index (κ1) is 13.5. The zero-order valence-corrected chi connectivity index (χ0v) is 10.5. The molecule has 0 saturated carbocycles. The smallest absolute Gasteiger partial charge is 0.146 e. The number of aliphatic hydroxyl groups is 1. The minimum absolute atomic E-state index is 0.246. The molecule has 0 aliphatic heterocycles. The monoisotopic (exact) mass is 233 g/mol. The van der Waals surface area contributed by atoms with Crippen molar-refractivity contribution in [2.45, 2.75) is 26.2 Å². The van der Waals surface area contributed by atoms with Crippen molar-refractivity contribution in [2.75, 3.05) is 25.1 Å². The average Bonchev–Trinajstić information content (AvgIpc) is 2.34. The maximum Gasteiger partial charge on any atom is 0.146 e. The van der Waals surface area contributed by atoms with Crippen LogP contribution in [0.3, 0.4) is 0 Å². The summed E-state index contributed by atoms with van der Waals surface area (Å²) < 4.78 is 0. The second-order valence-corrected chi connectivity index (χ2v) is 4.14. The molecule has 0 aromatic carbocycles. The predicted octanol–water partition coefficient (Wildman–Crippen LogP) is 1.86. The fraction of sp³-hybridized carbons (Fsp3) is 0.538. The van der Waals surface area contributed by atoms with Gasteiger partial charge in [0.1, 0.15) is 11.9 Å². The quantitative estimate of drug-likeness (QED) is 0.762. The zero-order chi connectivity index (χ0) is 12.7. The third-order valence-corrected chi connectivity index (χ3v) is 2.76. The van der Waals surface area contributed by atoms with Crippen molar-refractivity contribution in [3.8, 4) is 6.07 Å². The first-order valence-corrected chi connectivity index (χ1v) is 5.88. The van der Waals surface area contributed by atoms with Crippen LogP contribution in [-0.2, 0) is 0 Å². The van der Waals surface area contributed by atoms with E-state index in [2.05, 4.69) is 11.1 Å². The fourth-order valence-corrected chi connectivity index (χ4v) is 1.71. The maximum absolute atomic E-state index is 9.11. The summed E-state index contributed by atoms with van der Waals surface area (Å²) in [5.41, 5.74) is 1.61. The lowest BCUT2D eigenvalue weighted by Crippen LogP contribution is -2.21. The normalized spacial score (nSPS) is 10.0. The van der Waals surface area contributed by atoms with E-state index in [1.54, 1.807) is 6.20 Å². The van der Waals surface area contributed by atoms with E-state index in [-0.39, 0.29) is 6.61 Å². The first-order valence-electron chi connectivity index (χ1n) is 5.88. The first-order chi connectivity index (χ1) is 8.20. The lowest BCUT2D eigenvalue weighted by Gasteiger charge is -2.19. The molecule has 0 aliphatic carbocycles. The Kier molecular flexibility index (Phi) is 5.44. The maximum atomic E-state index is 9.11. The molecule has 0 atom stereocenters. The molecule has 0 amide bonds. The minimum Gasteiger partial charge on any atom is -0.396 e. The van der Waals surface area contributed by atoms with Gasteiger partial charge in [-0.3, -0.25) is 0 Å². The molecule has 0 radical (unpaired) electrons. The molecule has 92 valence electrons. The van der Waals surface area contributed by atoms with Gasteiger partial charge in [0.2, 0.25) is 0 Å². The summed E-state index contributed by atoms with van der Waals surface area (Å²) in [4.78, 5) is 6.27. The Hall–Kier alpha value is -1.60. The van der Waals surface area contributed by atoms with Crippen LogP contribution in [-0.4, -0.2) is 30.3 Å². The van der Waals surface area contributed by atoms with Gasteiger partial charge in [0, 0.05) is 26.4 Å². The van der Waals surface area contributed by atoms with Gasteiger partial charge in [-0.1, -0.05) is 0 Å². The van der Waals surface area contributed by atoms with Gasteiger partial charge in [-0.25, -0.2) is 4.98 Å². The molecule has 1 rings (SSSR count). The number of aromatic nitrogens is 1. The van der Waals surface area contributed by atoms with Crippen molar-refractivity contribution in [3.63, 3.8) is 0 Å². The second kappa shape index (κ2) is 6.87. The van der Waals surface area contributed by atoms with Crippen LogP contribution >= 0.6 is 0 Å². The molecule has 0 fully saturated rings. The second-order valence-electron chi connectivity index (χ2n) is 4.14. The molecule has 0 spiro atoms. The zero-order valence-electron chi connectivity index (χ0n) is 10.5. The Morgan fingerprint density at radius 3 is 2.82 bits per heavy atom. The third-order valence-electron chi connectivity index (χ3n) is 2.76. The number of rotatable bonds is 6. The molecular formula is C13H19N3O.